The first-order valence-corrected chi connectivity index (χ1v) is 2.69. The third kappa shape index (κ3) is 2.47. The zero-order valence-corrected chi connectivity index (χ0v) is 6.40. The number of halogens is 1. The minimum absolute atomic E-state index is 0. The number of pyridine rings is 1. The van der Waals surface area contributed by atoms with E-state index in [-0.39, 0.29) is 12.4 Å². The molecule has 0 unspecified atom stereocenters. The summed E-state index contributed by atoms with van der Waals surface area (Å²) in [5.41, 5.74) is 2.18. The van der Waals surface area contributed by atoms with Crippen LogP contribution in [0.4, 0.5) is 0 Å². The van der Waals surface area contributed by atoms with Crippen molar-refractivity contribution in [3.63, 3.8) is 0 Å². The highest BCUT2D eigenvalue weighted by atomic mass is 35.5. The smallest absolute Gasteiger partial charge is 0.0375 e. The molecule has 1 heterocycles. The molecule has 9 heavy (non-hydrogen) atoms. The molecule has 0 saturated carbocycles. The van der Waals surface area contributed by atoms with E-state index >= 15 is 0 Å². The van der Waals surface area contributed by atoms with Gasteiger partial charge < -0.3 is 0 Å². The fourth-order valence-electron chi connectivity index (χ4n) is 0.679. The van der Waals surface area contributed by atoms with Crippen LogP contribution in [0.15, 0.2) is 18.2 Å². The molecule has 1 aromatic heterocycles. The van der Waals surface area contributed by atoms with Crippen molar-refractivity contribution in [2.75, 3.05) is 0 Å². The molecular formula is C7H10ClN. The van der Waals surface area contributed by atoms with E-state index in [9.17, 15) is 0 Å². The zero-order valence-electron chi connectivity index (χ0n) is 5.59. The van der Waals surface area contributed by atoms with Crippen molar-refractivity contribution in [2.45, 2.75) is 13.8 Å². The molecule has 0 amide bonds. The van der Waals surface area contributed by atoms with Crippen molar-refractivity contribution in [1.29, 1.82) is 0 Å². The maximum atomic E-state index is 4.17. The van der Waals surface area contributed by atoms with E-state index in [0.717, 1.165) is 11.4 Å². The van der Waals surface area contributed by atoms with Crippen molar-refractivity contribution in [3.05, 3.63) is 29.6 Å². The maximum Gasteiger partial charge on any atom is 0.0375 e. The minimum Gasteiger partial charge on any atom is -0.258 e. The second kappa shape index (κ2) is 3.46. The van der Waals surface area contributed by atoms with Crippen LogP contribution in [0, 0.1) is 13.8 Å². The first-order chi connectivity index (χ1) is 3.79. The molecule has 0 atom stereocenters. The summed E-state index contributed by atoms with van der Waals surface area (Å²) in [6.07, 6.45) is 0. The highest BCUT2D eigenvalue weighted by molar-refractivity contribution is 5.85. The molecule has 1 rings (SSSR count). The van der Waals surface area contributed by atoms with Gasteiger partial charge in [-0.1, -0.05) is 6.07 Å². The van der Waals surface area contributed by atoms with Crippen LogP contribution in [0.1, 0.15) is 11.4 Å². The number of hydrogen-bond donors (Lipinski definition) is 0. The number of nitrogens with zero attached hydrogens (tertiary/aromatic N) is 1. The molecule has 0 bridgehead atoms. The van der Waals surface area contributed by atoms with E-state index in [0.29, 0.717) is 0 Å². The minimum atomic E-state index is 0. The predicted molar refractivity (Wildman–Crippen MR) is 41.0 cm³/mol. The number of aryl methyl sites for hydroxylation is 2. The largest absolute Gasteiger partial charge is 0.258 e. The highest BCUT2D eigenvalue weighted by Crippen LogP contribution is 1.93. The van der Waals surface area contributed by atoms with Gasteiger partial charge in [-0.05, 0) is 26.0 Å². The fourth-order valence-corrected chi connectivity index (χ4v) is 0.679. The Hall–Kier alpha value is -0.560. The Labute approximate surface area is 61.5 Å². The monoisotopic (exact) mass is 143 g/mol. The quantitative estimate of drug-likeness (QED) is 0.542. The lowest BCUT2D eigenvalue weighted by molar-refractivity contribution is 1.12. The molecule has 0 aromatic carbocycles. The lowest BCUT2D eigenvalue weighted by Gasteiger charge is -1.90. The summed E-state index contributed by atoms with van der Waals surface area (Å²) in [7, 11) is 0. The summed E-state index contributed by atoms with van der Waals surface area (Å²) in [5, 5.41) is 0. The van der Waals surface area contributed by atoms with E-state index in [1.54, 1.807) is 0 Å². The van der Waals surface area contributed by atoms with Crippen molar-refractivity contribution >= 4 is 12.4 Å². The molecular weight excluding hydrogens is 134 g/mol. The van der Waals surface area contributed by atoms with Crippen LogP contribution >= 0.6 is 12.4 Å². The molecule has 0 fully saturated rings. The van der Waals surface area contributed by atoms with Crippen molar-refractivity contribution in [3.8, 4) is 0 Å². The highest BCUT2D eigenvalue weighted by Gasteiger charge is 1.82. The first-order valence-electron chi connectivity index (χ1n) is 2.69. The summed E-state index contributed by atoms with van der Waals surface area (Å²) < 4.78 is 0. The summed E-state index contributed by atoms with van der Waals surface area (Å²) in [4.78, 5) is 4.17. The van der Waals surface area contributed by atoms with Gasteiger partial charge in [0.2, 0.25) is 0 Å². The van der Waals surface area contributed by atoms with Crippen LogP contribution in [-0.4, -0.2) is 4.98 Å². The van der Waals surface area contributed by atoms with Gasteiger partial charge in [-0.25, -0.2) is 0 Å². The Bertz CT molecular complexity index is 169. The van der Waals surface area contributed by atoms with Crippen molar-refractivity contribution in [1.82, 2.24) is 4.98 Å². The number of hydrogen-bond acceptors (Lipinski definition) is 1. The lowest BCUT2D eigenvalue weighted by atomic mass is 10.3. The van der Waals surface area contributed by atoms with Crippen molar-refractivity contribution in [2.24, 2.45) is 0 Å². The molecule has 2 heteroatoms. The van der Waals surface area contributed by atoms with E-state index in [2.05, 4.69) is 4.98 Å². The predicted octanol–water partition coefficient (Wildman–Crippen LogP) is 2.12. The summed E-state index contributed by atoms with van der Waals surface area (Å²) in [5.74, 6) is 0. The summed E-state index contributed by atoms with van der Waals surface area (Å²) in [6, 6.07) is 6.00. The zero-order chi connectivity index (χ0) is 5.98. The molecule has 1 nitrogen and oxygen atoms in total. The van der Waals surface area contributed by atoms with Gasteiger partial charge in [-0.3, -0.25) is 4.98 Å². The third-order valence-corrected chi connectivity index (χ3v) is 1.03. The Balaban J connectivity index is 0.000000640. The standard InChI is InChI=1S/C7H9N.ClH/c1-6-4-3-5-7(2)8-6;/h3-5H,1-2H3;1H. The second-order valence-corrected chi connectivity index (χ2v) is 1.92. The lowest BCUT2D eigenvalue weighted by Crippen LogP contribution is -1.81. The van der Waals surface area contributed by atoms with Crippen LogP contribution in [0.25, 0.3) is 0 Å². The first kappa shape index (κ1) is 8.44. The molecule has 0 N–H and O–H groups in total. The van der Waals surface area contributed by atoms with Gasteiger partial charge in [0.1, 0.15) is 0 Å². The van der Waals surface area contributed by atoms with Gasteiger partial charge >= 0.3 is 0 Å². The van der Waals surface area contributed by atoms with Crippen LogP contribution in [-0.2, 0) is 0 Å². The van der Waals surface area contributed by atoms with E-state index in [1.807, 2.05) is 32.0 Å². The Kier molecular flexibility index (Phi) is 3.25. The van der Waals surface area contributed by atoms with Gasteiger partial charge in [0.25, 0.3) is 0 Å². The van der Waals surface area contributed by atoms with Crippen LogP contribution in [0.5, 0.6) is 0 Å². The SMILES string of the molecule is Cc1cccc(C)n1.Cl. The van der Waals surface area contributed by atoms with Gasteiger partial charge in [-0.15, -0.1) is 12.4 Å². The van der Waals surface area contributed by atoms with E-state index < -0.39 is 0 Å². The van der Waals surface area contributed by atoms with Gasteiger partial charge in [0, 0.05) is 11.4 Å². The normalized spacial score (nSPS) is 8.22. The second-order valence-electron chi connectivity index (χ2n) is 1.92. The van der Waals surface area contributed by atoms with E-state index in [4.69, 9.17) is 0 Å². The molecule has 0 aliphatic heterocycles. The Morgan fingerprint density at radius 1 is 1.11 bits per heavy atom. The average molecular weight is 144 g/mol. The molecule has 50 valence electrons. The summed E-state index contributed by atoms with van der Waals surface area (Å²) >= 11 is 0. The van der Waals surface area contributed by atoms with Crippen LogP contribution in [0.3, 0.4) is 0 Å². The molecule has 0 aliphatic carbocycles. The van der Waals surface area contributed by atoms with Crippen LogP contribution in [0.2, 0.25) is 0 Å². The maximum absolute atomic E-state index is 4.17. The third-order valence-electron chi connectivity index (χ3n) is 1.03. The van der Waals surface area contributed by atoms with Crippen molar-refractivity contribution < 1.29 is 0 Å². The molecule has 1 aromatic rings. The average Bonchev–Trinajstić information content (AvgIpc) is 1.64. The molecule has 0 saturated heterocycles. The number of aromatic nitrogens is 1. The topological polar surface area (TPSA) is 12.9 Å². The molecule has 0 spiro atoms. The van der Waals surface area contributed by atoms with Crippen LogP contribution < -0.4 is 0 Å². The number of rotatable bonds is 0. The molecule has 0 radical (unpaired) electrons. The van der Waals surface area contributed by atoms with Gasteiger partial charge in [0.05, 0.1) is 0 Å². The van der Waals surface area contributed by atoms with Gasteiger partial charge in [0.15, 0.2) is 0 Å². The molecule has 0 aliphatic rings. The Morgan fingerprint density at radius 3 is 1.78 bits per heavy atom. The summed E-state index contributed by atoms with van der Waals surface area (Å²) in [6.45, 7) is 3.99. The Morgan fingerprint density at radius 2 is 1.56 bits per heavy atom. The van der Waals surface area contributed by atoms with Gasteiger partial charge in [-0.2, -0.15) is 0 Å². The fraction of sp³-hybridized carbons (Fsp3) is 0.286. The van der Waals surface area contributed by atoms with E-state index in [1.165, 1.54) is 0 Å².